The zero-order chi connectivity index (χ0) is 17.1. The molecule has 0 saturated carbocycles. The molecule has 0 bridgehead atoms. The summed E-state index contributed by atoms with van der Waals surface area (Å²) in [4.78, 5) is 20.8. The van der Waals surface area contributed by atoms with E-state index in [1.165, 1.54) is 6.33 Å². The Kier molecular flexibility index (Phi) is 3.92. The van der Waals surface area contributed by atoms with Crippen molar-refractivity contribution in [2.75, 3.05) is 11.9 Å². The number of hydrogen-bond donors (Lipinski definition) is 1. The molecule has 6 nitrogen and oxygen atoms in total. The second kappa shape index (κ2) is 6.52. The molecule has 0 amide bonds. The molecule has 25 heavy (non-hydrogen) atoms. The van der Waals surface area contributed by atoms with E-state index in [-0.39, 0.29) is 12.3 Å². The van der Waals surface area contributed by atoms with Gasteiger partial charge in [-0.25, -0.2) is 14.6 Å². The van der Waals surface area contributed by atoms with Gasteiger partial charge in [-0.2, -0.15) is 5.10 Å². The fraction of sp³-hybridized carbons (Fsp3) is 0.0526. The van der Waals surface area contributed by atoms with Crippen molar-refractivity contribution >= 4 is 22.6 Å². The van der Waals surface area contributed by atoms with Crippen LogP contribution < -0.4 is 5.32 Å². The van der Waals surface area contributed by atoms with Crippen molar-refractivity contribution < 1.29 is 4.79 Å². The number of fused-ring (bicyclic) bond motifs is 1. The van der Waals surface area contributed by atoms with Crippen LogP contribution in [0.25, 0.3) is 16.7 Å². The first kappa shape index (κ1) is 15.0. The third-order valence-electron chi connectivity index (χ3n) is 3.88. The first-order valence-corrected chi connectivity index (χ1v) is 7.89. The van der Waals surface area contributed by atoms with Gasteiger partial charge in [0.25, 0.3) is 0 Å². The number of nitrogens with one attached hydrogen (secondary N) is 1. The highest BCUT2D eigenvalue weighted by molar-refractivity contribution is 5.99. The minimum atomic E-state index is 0.00261. The quantitative estimate of drug-likeness (QED) is 0.570. The molecule has 0 aliphatic rings. The average molecular weight is 329 g/mol. The lowest BCUT2D eigenvalue weighted by atomic mass is 10.1. The fourth-order valence-corrected chi connectivity index (χ4v) is 2.63. The van der Waals surface area contributed by atoms with Crippen LogP contribution in [0.2, 0.25) is 0 Å². The van der Waals surface area contributed by atoms with Crippen LogP contribution in [0.3, 0.4) is 0 Å². The van der Waals surface area contributed by atoms with Crippen LogP contribution >= 0.6 is 0 Å². The standard InChI is InChI=1S/C19H15N5O/c25-17(14-7-3-1-4-8-14)12-20-18-16-11-23-24(19(16)22-13-21-18)15-9-5-2-6-10-15/h1-11,13H,12H2,(H,20,21,22). The average Bonchev–Trinajstić information content (AvgIpc) is 3.12. The highest BCUT2D eigenvalue weighted by atomic mass is 16.1. The van der Waals surface area contributed by atoms with E-state index in [0.29, 0.717) is 17.0 Å². The Morgan fingerprint density at radius 1 is 0.960 bits per heavy atom. The first-order chi connectivity index (χ1) is 12.3. The lowest BCUT2D eigenvalue weighted by Crippen LogP contribution is -2.15. The van der Waals surface area contributed by atoms with E-state index < -0.39 is 0 Å². The van der Waals surface area contributed by atoms with E-state index in [1.54, 1.807) is 23.0 Å². The molecule has 0 spiro atoms. The molecule has 0 unspecified atom stereocenters. The molecular formula is C19H15N5O. The Hall–Kier alpha value is -3.54. The van der Waals surface area contributed by atoms with Crippen molar-refractivity contribution in [1.82, 2.24) is 19.7 Å². The third kappa shape index (κ3) is 2.97. The Labute approximate surface area is 144 Å². The molecule has 4 rings (SSSR count). The minimum Gasteiger partial charge on any atom is -0.362 e. The smallest absolute Gasteiger partial charge is 0.181 e. The summed E-state index contributed by atoms with van der Waals surface area (Å²) < 4.78 is 1.75. The van der Waals surface area contributed by atoms with Crippen molar-refractivity contribution in [2.24, 2.45) is 0 Å². The van der Waals surface area contributed by atoms with E-state index in [2.05, 4.69) is 20.4 Å². The summed E-state index contributed by atoms with van der Waals surface area (Å²) in [5.41, 5.74) is 2.28. The Bertz CT molecular complexity index is 1010. The zero-order valence-electron chi connectivity index (χ0n) is 13.3. The van der Waals surface area contributed by atoms with Gasteiger partial charge >= 0.3 is 0 Å². The number of Topliss-reactive ketones (excluding diaryl/α,β-unsaturated/α-hetero) is 1. The van der Waals surface area contributed by atoms with Crippen LogP contribution in [-0.2, 0) is 0 Å². The van der Waals surface area contributed by atoms with Crippen molar-refractivity contribution in [1.29, 1.82) is 0 Å². The summed E-state index contributed by atoms with van der Waals surface area (Å²) in [7, 11) is 0. The van der Waals surface area contributed by atoms with Crippen LogP contribution in [0.5, 0.6) is 0 Å². The van der Waals surface area contributed by atoms with E-state index in [9.17, 15) is 4.79 Å². The van der Waals surface area contributed by atoms with Gasteiger partial charge in [-0.05, 0) is 12.1 Å². The van der Waals surface area contributed by atoms with E-state index in [0.717, 1.165) is 11.1 Å². The van der Waals surface area contributed by atoms with Crippen LogP contribution in [0, 0.1) is 0 Å². The second-order valence-electron chi connectivity index (χ2n) is 5.49. The van der Waals surface area contributed by atoms with Gasteiger partial charge in [0, 0.05) is 5.56 Å². The van der Waals surface area contributed by atoms with Gasteiger partial charge in [0.2, 0.25) is 0 Å². The minimum absolute atomic E-state index is 0.00261. The fourth-order valence-electron chi connectivity index (χ4n) is 2.63. The number of carbonyl (C=O) groups is 1. The highest BCUT2D eigenvalue weighted by Crippen LogP contribution is 2.21. The lowest BCUT2D eigenvalue weighted by molar-refractivity contribution is 0.101. The van der Waals surface area contributed by atoms with Gasteiger partial charge in [-0.15, -0.1) is 0 Å². The maximum absolute atomic E-state index is 12.3. The number of carbonyl (C=O) groups excluding carboxylic acids is 1. The summed E-state index contributed by atoms with van der Waals surface area (Å²) in [6.07, 6.45) is 3.18. The van der Waals surface area contributed by atoms with Crippen molar-refractivity contribution in [3.05, 3.63) is 78.8 Å². The van der Waals surface area contributed by atoms with Gasteiger partial charge in [0.1, 0.15) is 12.1 Å². The molecule has 2 aromatic heterocycles. The number of aromatic nitrogens is 4. The highest BCUT2D eigenvalue weighted by Gasteiger charge is 2.12. The SMILES string of the molecule is O=C(CNc1ncnc2c1cnn2-c1ccccc1)c1ccccc1. The van der Waals surface area contributed by atoms with Crippen LogP contribution in [-0.4, -0.2) is 32.1 Å². The number of para-hydroxylation sites is 1. The number of benzene rings is 2. The van der Waals surface area contributed by atoms with Gasteiger partial charge in [-0.3, -0.25) is 4.79 Å². The molecule has 6 heteroatoms. The largest absolute Gasteiger partial charge is 0.362 e. The molecular weight excluding hydrogens is 314 g/mol. The summed E-state index contributed by atoms with van der Waals surface area (Å²) >= 11 is 0. The molecule has 122 valence electrons. The number of hydrogen-bond acceptors (Lipinski definition) is 5. The Balaban J connectivity index is 1.61. The van der Waals surface area contributed by atoms with Crippen LogP contribution in [0.4, 0.5) is 5.82 Å². The maximum atomic E-state index is 12.3. The number of ketones is 1. The Morgan fingerprint density at radius 2 is 1.68 bits per heavy atom. The number of nitrogens with zero attached hydrogens (tertiary/aromatic N) is 4. The summed E-state index contributed by atoms with van der Waals surface area (Å²) in [6, 6.07) is 18.9. The normalized spacial score (nSPS) is 10.7. The van der Waals surface area contributed by atoms with Crippen LogP contribution in [0.15, 0.2) is 73.2 Å². The van der Waals surface area contributed by atoms with E-state index in [1.807, 2.05) is 48.5 Å². The predicted molar refractivity (Wildman–Crippen MR) is 95.9 cm³/mol. The van der Waals surface area contributed by atoms with Crippen molar-refractivity contribution in [2.45, 2.75) is 0 Å². The zero-order valence-corrected chi connectivity index (χ0v) is 13.3. The number of rotatable bonds is 5. The van der Waals surface area contributed by atoms with Gasteiger partial charge < -0.3 is 5.32 Å². The Morgan fingerprint density at radius 3 is 2.44 bits per heavy atom. The molecule has 2 heterocycles. The van der Waals surface area contributed by atoms with Gasteiger partial charge in [0.05, 0.1) is 23.8 Å². The van der Waals surface area contributed by atoms with E-state index >= 15 is 0 Å². The topological polar surface area (TPSA) is 72.7 Å². The molecule has 0 atom stereocenters. The molecule has 0 saturated heterocycles. The third-order valence-corrected chi connectivity index (χ3v) is 3.88. The summed E-state index contributed by atoms with van der Waals surface area (Å²) in [5.74, 6) is 0.597. The first-order valence-electron chi connectivity index (χ1n) is 7.89. The van der Waals surface area contributed by atoms with Crippen molar-refractivity contribution in [3.8, 4) is 5.69 Å². The van der Waals surface area contributed by atoms with Gasteiger partial charge in [-0.1, -0.05) is 48.5 Å². The molecule has 2 aromatic carbocycles. The second-order valence-corrected chi connectivity index (χ2v) is 5.49. The van der Waals surface area contributed by atoms with E-state index in [4.69, 9.17) is 0 Å². The maximum Gasteiger partial charge on any atom is 0.181 e. The predicted octanol–water partition coefficient (Wildman–Crippen LogP) is 3.11. The van der Waals surface area contributed by atoms with Gasteiger partial charge in [0.15, 0.2) is 11.4 Å². The monoisotopic (exact) mass is 329 g/mol. The van der Waals surface area contributed by atoms with Crippen LogP contribution in [0.1, 0.15) is 10.4 Å². The molecule has 0 radical (unpaired) electrons. The molecule has 4 aromatic rings. The number of anilines is 1. The molecule has 0 aliphatic heterocycles. The summed E-state index contributed by atoms with van der Waals surface area (Å²) in [5, 5.41) is 8.27. The molecule has 0 aliphatic carbocycles. The summed E-state index contributed by atoms with van der Waals surface area (Å²) in [6.45, 7) is 0.159. The molecule has 0 fully saturated rings. The molecule has 1 N–H and O–H groups in total. The van der Waals surface area contributed by atoms with Crippen molar-refractivity contribution in [3.63, 3.8) is 0 Å². The lowest BCUT2D eigenvalue weighted by Gasteiger charge is -2.06.